The molecule has 0 bridgehead atoms. The lowest BCUT2D eigenvalue weighted by Crippen LogP contribution is -1.99. The molecule has 0 radical (unpaired) electrons. The number of aryl methyl sites for hydroxylation is 1. The maximum Gasteiger partial charge on any atom is 0.335 e. The average Bonchev–Trinajstić information content (AvgIpc) is 2.04. The number of aromatic carboxylic acids is 1. The van der Waals surface area contributed by atoms with Crippen LogP contribution < -0.4 is 0 Å². The van der Waals surface area contributed by atoms with Crippen LogP contribution in [0, 0.1) is 6.92 Å². The van der Waals surface area contributed by atoms with Crippen LogP contribution in [-0.4, -0.2) is 11.1 Å². The Kier molecular flexibility index (Phi) is 2.85. The lowest BCUT2D eigenvalue weighted by atomic mass is 10.0. The molecule has 1 rings (SSSR count). The van der Waals surface area contributed by atoms with E-state index in [1.807, 2.05) is 12.1 Å². The predicted molar refractivity (Wildman–Crippen MR) is 52.0 cm³/mol. The van der Waals surface area contributed by atoms with Crippen LogP contribution in [0.25, 0.3) is 0 Å². The maximum absolute atomic E-state index is 10.7. The number of carboxylic acid groups (broad SMARTS) is 1. The molecule has 0 spiro atoms. The Balaban J connectivity index is 3.05. The first-order valence-electron chi connectivity index (χ1n) is 4.09. The lowest BCUT2D eigenvalue weighted by molar-refractivity contribution is 0.0696. The van der Waals surface area contributed by atoms with Crippen molar-refractivity contribution in [3.05, 3.63) is 47.5 Å². The molecular formula is C11H12O2. The fourth-order valence-corrected chi connectivity index (χ4v) is 1.26. The standard InChI is InChI=1S/C11H12O2/c1-3-4-9-5-6-10(11(12)13)8(2)7-9/h3,5-7H,1,4H2,2H3,(H,12,13). The van der Waals surface area contributed by atoms with Crippen molar-refractivity contribution < 1.29 is 9.90 Å². The zero-order chi connectivity index (χ0) is 9.84. The van der Waals surface area contributed by atoms with Crippen LogP contribution in [0.5, 0.6) is 0 Å². The highest BCUT2D eigenvalue weighted by Gasteiger charge is 2.05. The average molecular weight is 176 g/mol. The minimum Gasteiger partial charge on any atom is -0.478 e. The molecule has 1 aromatic carbocycles. The van der Waals surface area contributed by atoms with Crippen LogP contribution in [0.1, 0.15) is 21.5 Å². The Morgan fingerprint density at radius 2 is 2.31 bits per heavy atom. The lowest BCUT2D eigenvalue weighted by Gasteiger charge is -2.02. The van der Waals surface area contributed by atoms with E-state index in [1.54, 1.807) is 19.1 Å². The Morgan fingerprint density at radius 1 is 1.62 bits per heavy atom. The van der Waals surface area contributed by atoms with Gasteiger partial charge in [-0.3, -0.25) is 0 Å². The second kappa shape index (κ2) is 3.90. The summed E-state index contributed by atoms with van der Waals surface area (Å²) in [7, 11) is 0. The SMILES string of the molecule is C=CCc1ccc(C(=O)O)c(C)c1. The molecule has 0 fully saturated rings. The van der Waals surface area contributed by atoms with Gasteiger partial charge in [0, 0.05) is 0 Å². The van der Waals surface area contributed by atoms with Crippen LogP contribution in [-0.2, 0) is 6.42 Å². The molecular weight excluding hydrogens is 164 g/mol. The Hall–Kier alpha value is -1.57. The van der Waals surface area contributed by atoms with Gasteiger partial charge in [0.05, 0.1) is 5.56 Å². The van der Waals surface area contributed by atoms with E-state index in [0.717, 1.165) is 17.5 Å². The smallest absolute Gasteiger partial charge is 0.335 e. The second-order valence-electron chi connectivity index (χ2n) is 2.95. The Labute approximate surface area is 77.5 Å². The van der Waals surface area contributed by atoms with Gasteiger partial charge in [-0.05, 0) is 30.5 Å². The van der Waals surface area contributed by atoms with E-state index >= 15 is 0 Å². The zero-order valence-electron chi connectivity index (χ0n) is 7.58. The molecule has 2 heteroatoms. The molecule has 0 heterocycles. The summed E-state index contributed by atoms with van der Waals surface area (Å²) in [5.74, 6) is -0.873. The van der Waals surface area contributed by atoms with Gasteiger partial charge < -0.3 is 5.11 Å². The molecule has 0 saturated heterocycles. The van der Waals surface area contributed by atoms with E-state index in [9.17, 15) is 4.79 Å². The van der Waals surface area contributed by atoms with Crippen molar-refractivity contribution in [1.29, 1.82) is 0 Å². The molecule has 0 aliphatic heterocycles. The van der Waals surface area contributed by atoms with E-state index in [0.29, 0.717) is 5.56 Å². The third kappa shape index (κ3) is 2.18. The van der Waals surface area contributed by atoms with E-state index in [4.69, 9.17) is 5.11 Å². The van der Waals surface area contributed by atoms with Gasteiger partial charge in [-0.1, -0.05) is 18.2 Å². The van der Waals surface area contributed by atoms with Crippen molar-refractivity contribution in [2.45, 2.75) is 13.3 Å². The monoisotopic (exact) mass is 176 g/mol. The van der Waals surface area contributed by atoms with E-state index in [2.05, 4.69) is 6.58 Å². The van der Waals surface area contributed by atoms with Gasteiger partial charge in [0.1, 0.15) is 0 Å². The highest BCUT2D eigenvalue weighted by molar-refractivity contribution is 5.89. The molecule has 1 aromatic rings. The van der Waals surface area contributed by atoms with Crippen LogP contribution in [0.4, 0.5) is 0 Å². The summed E-state index contributed by atoms with van der Waals surface area (Å²) in [4.78, 5) is 10.7. The van der Waals surface area contributed by atoms with E-state index < -0.39 is 5.97 Å². The van der Waals surface area contributed by atoms with Gasteiger partial charge in [0.25, 0.3) is 0 Å². The van der Waals surface area contributed by atoms with E-state index in [-0.39, 0.29) is 0 Å². The minimum atomic E-state index is -0.873. The highest BCUT2D eigenvalue weighted by atomic mass is 16.4. The Bertz CT molecular complexity index is 340. The molecule has 1 N–H and O–H groups in total. The molecule has 13 heavy (non-hydrogen) atoms. The van der Waals surface area contributed by atoms with Crippen LogP contribution in [0.2, 0.25) is 0 Å². The fourth-order valence-electron chi connectivity index (χ4n) is 1.26. The number of carboxylic acids is 1. The summed E-state index contributed by atoms with van der Waals surface area (Å²) in [5.41, 5.74) is 2.26. The second-order valence-corrected chi connectivity index (χ2v) is 2.95. The normalized spacial score (nSPS) is 9.62. The molecule has 0 saturated carbocycles. The summed E-state index contributed by atoms with van der Waals surface area (Å²) in [6.07, 6.45) is 2.58. The molecule has 0 aliphatic carbocycles. The molecule has 0 unspecified atom stereocenters. The number of hydrogen-bond acceptors (Lipinski definition) is 1. The van der Waals surface area contributed by atoms with Gasteiger partial charge in [0.15, 0.2) is 0 Å². The molecule has 2 nitrogen and oxygen atoms in total. The van der Waals surface area contributed by atoms with Gasteiger partial charge in [0.2, 0.25) is 0 Å². The third-order valence-electron chi connectivity index (χ3n) is 1.90. The first-order chi connectivity index (χ1) is 6.15. The van der Waals surface area contributed by atoms with Gasteiger partial charge in [-0.2, -0.15) is 0 Å². The topological polar surface area (TPSA) is 37.3 Å². The fraction of sp³-hybridized carbons (Fsp3) is 0.182. The first kappa shape index (κ1) is 9.52. The number of carbonyl (C=O) groups is 1. The number of hydrogen-bond donors (Lipinski definition) is 1. The summed E-state index contributed by atoms with van der Waals surface area (Å²) in [5, 5.41) is 8.77. The molecule has 0 amide bonds. The van der Waals surface area contributed by atoms with E-state index in [1.165, 1.54) is 0 Å². The van der Waals surface area contributed by atoms with Crippen LogP contribution in [0.15, 0.2) is 30.9 Å². The van der Waals surface area contributed by atoms with Gasteiger partial charge in [-0.15, -0.1) is 6.58 Å². The largest absolute Gasteiger partial charge is 0.478 e. The van der Waals surface area contributed by atoms with Crippen molar-refractivity contribution in [2.75, 3.05) is 0 Å². The quantitative estimate of drug-likeness (QED) is 0.718. The summed E-state index contributed by atoms with van der Waals surface area (Å²) in [6.45, 7) is 5.43. The molecule has 68 valence electrons. The van der Waals surface area contributed by atoms with Gasteiger partial charge in [-0.25, -0.2) is 4.79 Å². The van der Waals surface area contributed by atoms with Crippen LogP contribution in [0.3, 0.4) is 0 Å². The van der Waals surface area contributed by atoms with Crippen molar-refractivity contribution in [2.24, 2.45) is 0 Å². The van der Waals surface area contributed by atoms with Crippen LogP contribution >= 0.6 is 0 Å². The third-order valence-corrected chi connectivity index (χ3v) is 1.90. The number of benzene rings is 1. The van der Waals surface area contributed by atoms with Crippen molar-refractivity contribution >= 4 is 5.97 Å². The minimum absolute atomic E-state index is 0.368. The summed E-state index contributed by atoms with van der Waals surface area (Å²) >= 11 is 0. The van der Waals surface area contributed by atoms with Crippen molar-refractivity contribution in [3.8, 4) is 0 Å². The number of allylic oxidation sites excluding steroid dienone is 1. The highest BCUT2D eigenvalue weighted by Crippen LogP contribution is 2.11. The number of rotatable bonds is 3. The molecule has 0 aliphatic rings. The first-order valence-corrected chi connectivity index (χ1v) is 4.09. The summed E-state index contributed by atoms with van der Waals surface area (Å²) in [6, 6.07) is 5.33. The Morgan fingerprint density at radius 3 is 2.77 bits per heavy atom. The zero-order valence-corrected chi connectivity index (χ0v) is 7.58. The summed E-state index contributed by atoms with van der Waals surface area (Å²) < 4.78 is 0. The van der Waals surface area contributed by atoms with Crippen molar-refractivity contribution in [3.63, 3.8) is 0 Å². The molecule has 0 aromatic heterocycles. The predicted octanol–water partition coefficient (Wildman–Crippen LogP) is 2.42. The molecule has 0 atom stereocenters. The van der Waals surface area contributed by atoms with Crippen molar-refractivity contribution in [1.82, 2.24) is 0 Å². The van der Waals surface area contributed by atoms with Gasteiger partial charge >= 0.3 is 5.97 Å². The maximum atomic E-state index is 10.7.